The van der Waals surface area contributed by atoms with Crippen molar-refractivity contribution in [2.75, 3.05) is 0 Å². The molecule has 19 heavy (non-hydrogen) atoms. The summed E-state index contributed by atoms with van der Waals surface area (Å²) in [5.41, 5.74) is 7.86. The molecule has 0 aliphatic carbocycles. The van der Waals surface area contributed by atoms with Crippen LogP contribution in [0, 0.1) is 11.6 Å². The van der Waals surface area contributed by atoms with Crippen LogP contribution < -0.4 is 11.2 Å². The molecule has 0 spiro atoms. The minimum Gasteiger partial charge on any atom is -0.366 e. The quantitative estimate of drug-likeness (QED) is 0.797. The maximum absolute atomic E-state index is 13.7. The molecule has 98 valence electrons. The molecule has 1 amide bonds. The van der Waals surface area contributed by atoms with Gasteiger partial charge in [-0.05, 0) is 31.2 Å². The molecule has 1 aromatic carbocycles. The number of rotatable bonds is 2. The van der Waals surface area contributed by atoms with Crippen molar-refractivity contribution in [1.82, 2.24) is 5.43 Å². The fourth-order valence-electron chi connectivity index (χ4n) is 1.69. The average molecular weight is 263 g/mol. The normalized spacial score (nSPS) is 16.7. The molecule has 0 radical (unpaired) electrons. The Morgan fingerprint density at radius 1 is 1.26 bits per heavy atom. The van der Waals surface area contributed by atoms with E-state index in [1.54, 1.807) is 13.0 Å². The third-order valence-electron chi connectivity index (χ3n) is 2.57. The lowest BCUT2D eigenvalue weighted by molar-refractivity contribution is -0.112. The van der Waals surface area contributed by atoms with Crippen molar-refractivity contribution in [1.29, 1.82) is 0 Å². The molecular formula is C13H11F2N3O. The van der Waals surface area contributed by atoms with Gasteiger partial charge in [0.25, 0.3) is 5.91 Å². The second kappa shape index (κ2) is 5.01. The highest BCUT2D eigenvalue weighted by Crippen LogP contribution is 2.25. The first-order valence-corrected chi connectivity index (χ1v) is 5.47. The van der Waals surface area contributed by atoms with E-state index in [-0.39, 0.29) is 11.3 Å². The Hall–Kier alpha value is -2.50. The molecule has 0 saturated heterocycles. The van der Waals surface area contributed by atoms with E-state index in [4.69, 9.17) is 5.73 Å². The average Bonchev–Trinajstić information content (AvgIpc) is 2.35. The number of hydrazone groups is 1. The minimum absolute atomic E-state index is 0.155. The summed E-state index contributed by atoms with van der Waals surface area (Å²) in [7, 11) is 0. The van der Waals surface area contributed by atoms with Crippen molar-refractivity contribution in [2.45, 2.75) is 6.92 Å². The van der Waals surface area contributed by atoms with E-state index in [2.05, 4.69) is 10.5 Å². The fraction of sp³-hybridized carbons (Fsp3) is 0.0769. The molecule has 0 aromatic heterocycles. The molecule has 0 fully saturated rings. The van der Waals surface area contributed by atoms with Gasteiger partial charge in [-0.2, -0.15) is 5.10 Å². The third kappa shape index (κ3) is 2.52. The predicted octanol–water partition coefficient (Wildman–Crippen LogP) is 1.70. The number of nitrogens with two attached hydrogens (primary N) is 1. The van der Waals surface area contributed by atoms with E-state index in [1.165, 1.54) is 12.1 Å². The van der Waals surface area contributed by atoms with Crippen molar-refractivity contribution in [3.05, 3.63) is 53.2 Å². The van der Waals surface area contributed by atoms with Crippen LogP contribution in [0.1, 0.15) is 12.5 Å². The zero-order valence-corrected chi connectivity index (χ0v) is 10.1. The molecule has 1 aromatic rings. The number of nitrogens with one attached hydrogen (secondary N) is 1. The van der Waals surface area contributed by atoms with Crippen LogP contribution in [0.5, 0.6) is 0 Å². The van der Waals surface area contributed by atoms with Gasteiger partial charge in [0.05, 0.1) is 22.5 Å². The first-order chi connectivity index (χ1) is 9.00. The number of hydrogen-bond donors (Lipinski definition) is 2. The molecular weight excluding hydrogens is 252 g/mol. The Bertz CT molecular complexity index is 613. The summed E-state index contributed by atoms with van der Waals surface area (Å²) in [5.74, 6) is -2.66. The molecule has 6 heteroatoms. The summed E-state index contributed by atoms with van der Waals surface area (Å²) >= 11 is 0. The van der Waals surface area contributed by atoms with Gasteiger partial charge in [0.2, 0.25) is 0 Å². The van der Waals surface area contributed by atoms with E-state index in [1.807, 2.05) is 0 Å². The number of benzene rings is 1. The highest BCUT2D eigenvalue weighted by Gasteiger charge is 2.22. The number of allylic oxidation sites excluding steroid dienone is 2. The predicted molar refractivity (Wildman–Crippen MR) is 67.9 cm³/mol. The van der Waals surface area contributed by atoms with Crippen molar-refractivity contribution in [2.24, 2.45) is 10.8 Å². The van der Waals surface area contributed by atoms with E-state index in [9.17, 15) is 13.6 Å². The number of halogens is 2. The number of carbonyl (C=O) groups excluding carboxylic acids is 1. The SMILES string of the molecule is CC1=NN/C(=C(\C(N)=O)c2c(F)cccc2F)C=C1. The summed E-state index contributed by atoms with van der Waals surface area (Å²) in [6.07, 6.45) is 3.10. The van der Waals surface area contributed by atoms with Gasteiger partial charge in [0.1, 0.15) is 11.6 Å². The molecule has 0 bridgehead atoms. The lowest BCUT2D eigenvalue weighted by atomic mass is 10.0. The molecule has 1 aliphatic heterocycles. The Balaban J connectivity index is 2.64. The zero-order valence-electron chi connectivity index (χ0n) is 10.1. The van der Waals surface area contributed by atoms with E-state index >= 15 is 0 Å². The molecule has 4 nitrogen and oxygen atoms in total. The standard InChI is InChI=1S/C13H11F2N3O/c1-7-5-6-10(18-17-7)12(13(16)19)11-8(14)3-2-4-9(11)15/h2-6,18H,1H3,(H2,16,19)/b12-10-. The summed E-state index contributed by atoms with van der Waals surface area (Å²) in [4.78, 5) is 11.5. The lowest BCUT2D eigenvalue weighted by Gasteiger charge is -2.14. The number of hydrogen-bond acceptors (Lipinski definition) is 3. The summed E-state index contributed by atoms with van der Waals surface area (Å²) in [6, 6.07) is 3.33. The second-order valence-corrected chi connectivity index (χ2v) is 3.95. The summed E-state index contributed by atoms with van der Waals surface area (Å²) < 4.78 is 27.4. The van der Waals surface area contributed by atoms with Crippen molar-refractivity contribution >= 4 is 17.2 Å². The Morgan fingerprint density at radius 2 is 1.89 bits per heavy atom. The van der Waals surface area contributed by atoms with Crippen LogP contribution in [0.25, 0.3) is 5.57 Å². The van der Waals surface area contributed by atoms with Crippen LogP contribution >= 0.6 is 0 Å². The van der Waals surface area contributed by atoms with Gasteiger partial charge in [0, 0.05) is 0 Å². The van der Waals surface area contributed by atoms with E-state index in [0.29, 0.717) is 5.71 Å². The topological polar surface area (TPSA) is 67.5 Å². The van der Waals surface area contributed by atoms with Crippen LogP contribution in [0.4, 0.5) is 8.78 Å². The minimum atomic E-state index is -0.939. The van der Waals surface area contributed by atoms with Gasteiger partial charge in [0.15, 0.2) is 0 Å². The first-order valence-electron chi connectivity index (χ1n) is 5.47. The van der Waals surface area contributed by atoms with Crippen molar-refractivity contribution in [3.63, 3.8) is 0 Å². The monoisotopic (exact) mass is 263 g/mol. The van der Waals surface area contributed by atoms with Crippen molar-refractivity contribution < 1.29 is 13.6 Å². The molecule has 2 rings (SSSR count). The molecule has 0 atom stereocenters. The lowest BCUT2D eigenvalue weighted by Crippen LogP contribution is -2.22. The molecule has 0 saturated carbocycles. The number of amides is 1. The smallest absolute Gasteiger partial charge is 0.251 e. The maximum Gasteiger partial charge on any atom is 0.251 e. The van der Waals surface area contributed by atoms with Crippen LogP contribution in [0.3, 0.4) is 0 Å². The van der Waals surface area contributed by atoms with Gasteiger partial charge < -0.3 is 5.73 Å². The third-order valence-corrected chi connectivity index (χ3v) is 2.57. The number of primary amides is 1. The fourth-order valence-corrected chi connectivity index (χ4v) is 1.69. The highest BCUT2D eigenvalue weighted by molar-refractivity contribution is 6.20. The molecule has 1 aliphatic rings. The van der Waals surface area contributed by atoms with Gasteiger partial charge in [-0.3, -0.25) is 10.2 Å². The molecule has 0 unspecified atom stereocenters. The Labute approximate surface area is 108 Å². The highest BCUT2D eigenvalue weighted by atomic mass is 19.1. The number of carbonyl (C=O) groups is 1. The second-order valence-electron chi connectivity index (χ2n) is 3.95. The van der Waals surface area contributed by atoms with Crippen LogP contribution in [-0.4, -0.2) is 11.6 Å². The van der Waals surface area contributed by atoms with Gasteiger partial charge in [-0.15, -0.1) is 0 Å². The molecule has 3 N–H and O–H groups in total. The van der Waals surface area contributed by atoms with Gasteiger partial charge >= 0.3 is 0 Å². The zero-order chi connectivity index (χ0) is 14.0. The Morgan fingerprint density at radius 3 is 2.37 bits per heavy atom. The maximum atomic E-state index is 13.7. The van der Waals surface area contributed by atoms with Crippen LogP contribution in [-0.2, 0) is 4.79 Å². The van der Waals surface area contributed by atoms with E-state index in [0.717, 1.165) is 12.1 Å². The Kier molecular flexibility index (Phi) is 3.41. The largest absolute Gasteiger partial charge is 0.366 e. The van der Waals surface area contributed by atoms with E-state index < -0.39 is 23.1 Å². The van der Waals surface area contributed by atoms with Crippen molar-refractivity contribution in [3.8, 4) is 0 Å². The number of nitrogens with zero attached hydrogens (tertiary/aromatic N) is 1. The summed E-state index contributed by atoms with van der Waals surface area (Å²) in [6.45, 7) is 1.73. The van der Waals surface area contributed by atoms with Crippen LogP contribution in [0.15, 0.2) is 41.1 Å². The first kappa shape index (κ1) is 12.9. The molecule has 1 heterocycles. The summed E-state index contributed by atoms with van der Waals surface area (Å²) in [5, 5.41) is 3.87. The van der Waals surface area contributed by atoms with Gasteiger partial charge in [-0.1, -0.05) is 6.07 Å². The van der Waals surface area contributed by atoms with Crippen LogP contribution in [0.2, 0.25) is 0 Å². The van der Waals surface area contributed by atoms with Gasteiger partial charge in [-0.25, -0.2) is 8.78 Å².